The molecule has 0 unspecified atom stereocenters. The molecule has 1 rings (SSSR count). The second-order valence-electron chi connectivity index (χ2n) is 2.40. The Labute approximate surface area is 78.7 Å². The molecule has 0 aromatic heterocycles. The number of aliphatic hydroxyl groups excluding tert-OH is 1. The van der Waals surface area contributed by atoms with Gasteiger partial charge in [0.1, 0.15) is 12.4 Å². The zero-order valence-corrected chi connectivity index (χ0v) is 7.08. The molecule has 1 aromatic carbocycles. The van der Waals surface area contributed by atoms with Crippen LogP contribution in [0.3, 0.4) is 0 Å². The van der Waals surface area contributed by atoms with Crippen LogP contribution in [0.5, 0.6) is 0 Å². The van der Waals surface area contributed by atoms with Gasteiger partial charge in [0.25, 0.3) is 0 Å². The molecule has 1 N–H and O–H groups in total. The number of carbonyl (C=O) groups excluding carboxylic acids is 1. The molecular formula is C9H7F2NO2. The first-order valence-electron chi connectivity index (χ1n) is 3.75. The Kier molecular flexibility index (Phi) is 3.41. The topological polar surface area (TPSA) is 49.7 Å². The number of aliphatic hydroxyl groups is 1. The molecule has 0 aliphatic rings. The minimum Gasteiger partial charge on any atom is -0.375 e. The van der Waals surface area contributed by atoms with E-state index in [1.165, 1.54) is 12.1 Å². The van der Waals surface area contributed by atoms with Gasteiger partial charge in [-0.05, 0) is 12.1 Å². The first-order chi connectivity index (χ1) is 6.70. The van der Waals surface area contributed by atoms with Gasteiger partial charge in [0.05, 0.1) is 0 Å². The Balaban J connectivity index is 3.24. The van der Waals surface area contributed by atoms with Crippen LogP contribution in [0, 0.1) is 11.6 Å². The number of nitrogens with zero attached hydrogens (tertiary/aromatic N) is 1. The largest absolute Gasteiger partial charge is 0.375 e. The van der Waals surface area contributed by atoms with Crippen LogP contribution >= 0.6 is 0 Å². The van der Waals surface area contributed by atoms with Crippen molar-refractivity contribution in [2.24, 2.45) is 4.99 Å². The summed E-state index contributed by atoms with van der Waals surface area (Å²) in [6, 6.07) is 3.39. The molecule has 3 nitrogen and oxygen atoms in total. The molecule has 5 heteroatoms. The van der Waals surface area contributed by atoms with Gasteiger partial charge in [-0.25, -0.2) is 8.78 Å². The maximum Gasteiger partial charge on any atom is 0.168 e. The number of halogens is 2. The van der Waals surface area contributed by atoms with E-state index in [1.807, 2.05) is 0 Å². The molecule has 0 radical (unpaired) electrons. The molecule has 0 aliphatic heterocycles. The Morgan fingerprint density at radius 3 is 2.79 bits per heavy atom. The Bertz CT molecular complexity index is 377. The Morgan fingerprint density at radius 1 is 1.50 bits per heavy atom. The van der Waals surface area contributed by atoms with E-state index < -0.39 is 18.4 Å². The first kappa shape index (κ1) is 10.5. The Morgan fingerprint density at radius 2 is 2.21 bits per heavy atom. The van der Waals surface area contributed by atoms with Crippen LogP contribution in [-0.4, -0.2) is 23.8 Å². The molecule has 0 heterocycles. The fourth-order valence-corrected chi connectivity index (χ4v) is 0.964. The van der Waals surface area contributed by atoms with E-state index in [4.69, 9.17) is 5.11 Å². The minimum absolute atomic E-state index is 0.256. The van der Waals surface area contributed by atoms with E-state index in [0.717, 1.165) is 6.07 Å². The molecular weight excluding hydrogens is 192 g/mol. The monoisotopic (exact) mass is 199 g/mol. The highest BCUT2D eigenvalue weighted by molar-refractivity contribution is 6.36. The zero-order valence-electron chi connectivity index (χ0n) is 7.08. The van der Waals surface area contributed by atoms with Crippen molar-refractivity contribution < 1.29 is 18.7 Å². The van der Waals surface area contributed by atoms with Gasteiger partial charge in [0.15, 0.2) is 17.9 Å². The number of hydrogen-bond donors (Lipinski definition) is 1. The maximum absolute atomic E-state index is 13.1. The highest BCUT2D eigenvalue weighted by Crippen LogP contribution is 2.11. The van der Waals surface area contributed by atoms with Gasteiger partial charge in [-0.3, -0.25) is 9.79 Å². The lowest BCUT2D eigenvalue weighted by atomic mass is 10.1. The van der Waals surface area contributed by atoms with Gasteiger partial charge < -0.3 is 5.11 Å². The average Bonchev–Trinajstić information content (AvgIpc) is 2.19. The quantitative estimate of drug-likeness (QED) is 0.580. The lowest BCUT2D eigenvalue weighted by Gasteiger charge is -2.01. The summed E-state index contributed by atoms with van der Waals surface area (Å²) in [7, 11) is 0. The van der Waals surface area contributed by atoms with Crippen LogP contribution < -0.4 is 0 Å². The van der Waals surface area contributed by atoms with Crippen LogP contribution in [0.4, 0.5) is 8.78 Å². The van der Waals surface area contributed by atoms with Gasteiger partial charge in [0, 0.05) is 5.56 Å². The van der Waals surface area contributed by atoms with E-state index in [9.17, 15) is 13.6 Å². The summed E-state index contributed by atoms with van der Waals surface area (Å²) in [6.45, 7) is -0.649. The number of benzene rings is 1. The van der Waals surface area contributed by atoms with Gasteiger partial charge in [-0.1, -0.05) is 6.07 Å². The maximum atomic E-state index is 13.1. The zero-order chi connectivity index (χ0) is 10.6. The van der Waals surface area contributed by atoms with Crippen molar-refractivity contribution in [1.82, 2.24) is 0 Å². The molecule has 74 valence electrons. The minimum atomic E-state index is -1.15. The van der Waals surface area contributed by atoms with E-state index in [-0.39, 0.29) is 17.6 Å². The first-order valence-corrected chi connectivity index (χ1v) is 3.75. The van der Waals surface area contributed by atoms with E-state index in [0.29, 0.717) is 0 Å². The summed E-state index contributed by atoms with van der Waals surface area (Å²) in [5, 5.41) is 8.43. The standard InChI is InChI=1S/C9H7F2NO2/c10-7-3-1-2-6(9(7)11)8(4-13)12-5-14/h1-4,14H,5H2. The number of carbonyl (C=O) groups is 1. The van der Waals surface area contributed by atoms with Crippen molar-refractivity contribution in [1.29, 1.82) is 0 Å². The summed E-state index contributed by atoms with van der Waals surface area (Å²) < 4.78 is 25.8. The van der Waals surface area contributed by atoms with Crippen molar-refractivity contribution in [2.75, 3.05) is 6.73 Å². The highest BCUT2D eigenvalue weighted by atomic mass is 19.2. The van der Waals surface area contributed by atoms with Crippen LogP contribution in [0.2, 0.25) is 0 Å². The predicted molar refractivity (Wildman–Crippen MR) is 46.0 cm³/mol. The molecule has 0 amide bonds. The van der Waals surface area contributed by atoms with Gasteiger partial charge in [-0.15, -0.1) is 0 Å². The third-order valence-corrected chi connectivity index (χ3v) is 1.58. The third kappa shape index (κ3) is 2.00. The summed E-state index contributed by atoms with van der Waals surface area (Å²) in [5.41, 5.74) is -0.571. The van der Waals surface area contributed by atoms with Gasteiger partial charge >= 0.3 is 0 Å². The highest BCUT2D eigenvalue weighted by Gasteiger charge is 2.11. The van der Waals surface area contributed by atoms with Crippen molar-refractivity contribution in [3.05, 3.63) is 35.4 Å². The molecule has 0 saturated heterocycles. The molecule has 0 aliphatic carbocycles. The average molecular weight is 199 g/mol. The van der Waals surface area contributed by atoms with E-state index >= 15 is 0 Å². The van der Waals surface area contributed by atoms with E-state index in [2.05, 4.69) is 4.99 Å². The fourth-order valence-electron chi connectivity index (χ4n) is 0.964. The summed E-state index contributed by atoms with van der Waals surface area (Å²) in [6.07, 6.45) is 0.258. The Hall–Kier alpha value is -1.62. The molecule has 0 spiro atoms. The molecule has 0 saturated carbocycles. The summed E-state index contributed by atoms with van der Waals surface area (Å²) in [5.74, 6) is -2.21. The fraction of sp³-hybridized carbons (Fsp3) is 0.111. The smallest absolute Gasteiger partial charge is 0.168 e. The number of hydrogen-bond acceptors (Lipinski definition) is 3. The normalized spacial score (nSPS) is 11.5. The van der Waals surface area contributed by atoms with Crippen molar-refractivity contribution in [3.8, 4) is 0 Å². The van der Waals surface area contributed by atoms with Gasteiger partial charge in [0.2, 0.25) is 0 Å². The number of aldehydes is 1. The van der Waals surface area contributed by atoms with Crippen molar-refractivity contribution in [3.63, 3.8) is 0 Å². The third-order valence-electron chi connectivity index (χ3n) is 1.58. The lowest BCUT2D eigenvalue weighted by molar-refractivity contribution is -0.102. The molecule has 0 fully saturated rings. The molecule has 1 aromatic rings. The second kappa shape index (κ2) is 4.57. The second-order valence-corrected chi connectivity index (χ2v) is 2.40. The van der Waals surface area contributed by atoms with Crippen LogP contribution in [0.15, 0.2) is 23.2 Å². The van der Waals surface area contributed by atoms with Crippen molar-refractivity contribution >= 4 is 12.0 Å². The molecule has 0 bridgehead atoms. The molecule has 0 atom stereocenters. The van der Waals surface area contributed by atoms with E-state index in [1.54, 1.807) is 0 Å². The van der Waals surface area contributed by atoms with Crippen LogP contribution in [-0.2, 0) is 4.79 Å². The van der Waals surface area contributed by atoms with Crippen LogP contribution in [0.1, 0.15) is 5.56 Å². The summed E-state index contributed by atoms with van der Waals surface area (Å²) >= 11 is 0. The lowest BCUT2D eigenvalue weighted by Crippen LogP contribution is -2.07. The molecule has 14 heavy (non-hydrogen) atoms. The summed E-state index contributed by atoms with van der Waals surface area (Å²) in [4.78, 5) is 13.7. The van der Waals surface area contributed by atoms with Crippen molar-refractivity contribution in [2.45, 2.75) is 0 Å². The van der Waals surface area contributed by atoms with Gasteiger partial charge in [-0.2, -0.15) is 0 Å². The number of rotatable bonds is 3. The number of aliphatic imine (C=N–C) groups is 1. The van der Waals surface area contributed by atoms with Crippen LogP contribution in [0.25, 0.3) is 0 Å². The SMILES string of the molecule is O=CC(=NCO)c1cccc(F)c1F. The predicted octanol–water partition coefficient (Wildman–Crippen LogP) is 0.903.